The van der Waals surface area contributed by atoms with E-state index >= 15 is 0 Å². The van der Waals surface area contributed by atoms with Crippen molar-refractivity contribution in [2.75, 3.05) is 19.4 Å². The van der Waals surface area contributed by atoms with E-state index in [1.807, 2.05) is 10.7 Å². The summed E-state index contributed by atoms with van der Waals surface area (Å²) in [6.45, 7) is 1.48. The fraction of sp³-hybridized carbons (Fsp3) is 0.364. The monoisotopic (exact) mass is 455 g/mol. The Bertz CT molecular complexity index is 1220. The zero-order chi connectivity index (χ0) is 21.9. The molecule has 160 valence electrons. The number of amides is 2. The summed E-state index contributed by atoms with van der Waals surface area (Å²) >= 11 is 8.13. The Labute approximate surface area is 189 Å². The molecule has 1 N–H and O–H groups in total. The predicted octanol–water partition coefficient (Wildman–Crippen LogP) is 4.29. The molecular formula is C22H22ClN5O2S. The van der Waals surface area contributed by atoms with Crippen LogP contribution in [0.2, 0.25) is 5.02 Å². The van der Waals surface area contributed by atoms with Gasteiger partial charge in [0, 0.05) is 38.1 Å². The van der Waals surface area contributed by atoms with Crippen molar-refractivity contribution in [1.29, 1.82) is 0 Å². The van der Waals surface area contributed by atoms with E-state index < -0.39 is 0 Å². The molecule has 3 aromatic rings. The van der Waals surface area contributed by atoms with Gasteiger partial charge in [0.05, 0.1) is 32.7 Å². The van der Waals surface area contributed by atoms with Gasteiger partial charge in [0.2, 0.25) is 5.91 Å². The number of fused-ring (bicyclic) bond motifs is 3. The lowest BCUT2D eigenvalue weighted by molar-refractivity contribution is -0.114. The van der Waals surface area contributed by atoms with Crippen LogP contribution < -0.4 is 5.32 Å². The van der Waals surface area contributed by atoms with Gasteiger partial charge in [0.25, 0.3) is 5.91 Å². The molecule has 0 radical (unpaired) electrons. The number of nitrogens with one attached hydrogen (secondary N) is 1. The van der Waals surface area contributed by atoms with Gasteiger partial charge in [0.1, 0.15) is 0 Å². The standard InChI is InChI=1S/C22H22ClN5O2S/c1-11(29)24-22-25-16-8-7-14-18(12-4-5-12)26-28(19(14)20(16)31-22)17-9-6-13(10-15(17)23)21(30)27(2)3/h6,9-10,12H,4-5,7-8H2,1-3H3,(H,24,25,29). The van der Waals surface area contributed by atoms with Gasteiger partial charge in [-0.25, -0.2) is 9.67 Å². The van der Waals surface area contributed by atoms with Crippen molar-refractivity contribution < 1.29 is 9.59 Å². The molecule has 0 saturated heterocycles. The van der Waals surface area contributed by atoms with Gasteiger partial charge in [-0.1, -0.05) is 22.9 Å². The van der Waals surface area contributed by atoms with E-state index in [1.165, 1.54) is 28.7 Å². The molecule has 0 bridgehead atoms. The number of benzene rings is 1. The van der Waals surface area contributed by atoms with Crippen LogP contribution in [0.4, 0.5) is 5.13 Å². The van der Waals surface area contributed by atoms with Gasteiger partial charge in [-0.3, -0.25) is 9.59 Å². The molecule has 2 aromatic heterocycles. The number of rotatable bonds is 4. The van der Waals surface area contributed by atoms with E-state index in [4.69, 9.17) is 16.7 Å². The highest BCUT2D eigenvalue weighted by molar-refractivity contribution is 7.19. The second-order valence-corrected chi connectivity index (χ2v) is 9.65. The second-order valence-electron chi connectivity index (χ2n) is 8.24. The highest BCUT2D eigenvalue weighted by atomic mass is 35.5. The highest BCUT2D eigenvalue weighted by Crippen LogP contribution is 2.48. The van der Waals surface area contributed by atoms with E-state index in [9.17, 15) is 9.59 Å². The summed E-state index contributed by atoms with van der Waals surface area (Å²) in [5.74, 6) is 0.259. The van der Waals surface area contributed by atoms with Gasteiger partial charge in [-0.15, -0.1) is 0 Å². The lowest BCUT2D eigenvalue weighted by atomic mass is 9.96. The summed E-state index contributed by atoms with van der Waals surface area (Å²) in [5.41, 5.74) is 5.64. The first kappa shape index (κ1) is 20.2. The molecule has 0 spiro atoms. The molecule has 9 heteroatoms. The summed E-state index contributed by atoms with van der Waals surface area (Å²) in [6, 6.07) is 5.34. The minimum absolute atomic E-state index is 0.0979. The normalized spacial score (nSPS) is 14.7. The number of carbonyl (C=O) groups excluding carboxylic acids is 2. The molecular weight excluding hydrogens is 434 g/mol. The first-order chi connectivity index (χ1) is 14.8. The first-order valence-electron chi connectivity index (χ1n) is 10.2. The summed E-state index contributed by atoms with van der Waals surface area (Å²) < 4.78 is 1.91. The van der Waals surface area contributed by atoms with Gasteiger partial charge in [0.15, 0.2) is 5.13 Å². The maximum Gasteiger partial charge on any atom is 0.253 e. The Morgan fingerprint density at radius 1 is 1.26 bits per heavy atom. The molecule has 2 aliphatic rings. The smallest absolute Gasteiger partial charge is 0.253 e. The van der Waals surface area contributed by atoms with Gasteiger partial charge in [-0.2, -0.15) is 5.10 Å². The predicted molar refractivity (Wildman–Crippen MR) is 121 cm³/mol. The summed E-state index contributed by atoms with van der Waals surface area (Å²) in [5, 5.41) is 8.87. The zero-order valence-corrected chi connectivity index (χ0v) is 19.1. The molecule has 1 saturated carbocycles. The van der Waals surface area contributed by atoms with Crippen LogP contribution in [0.1, 0.15) is 53.0 Å². The molecule has 5 rings (SSSR count). The van der Waals surface area contributed by atoms with Crippen LogP contribution in [-0.2, 0) is 17.6 Å². The van der Waals surface area contributed by atoms with Crippen molar-refractivity contribution in [2.45, 2.75) is 38.5 Å². The van der Waals surface area contributed by atoms with Crippen LogP contribution >= 0.6 is 22.9 Å². The Kier molecular flexibility index (Phi) is 4.86. The van der Waals surface area contributed by atoms with Crippen molar-refractivity contribution in [3.8, 4) is 16.3 Å². The van der Waals surface area contributed by atoms with Crippen LogP contribution in [0.5, 0.6) is 0 Å². The van der Waals surface area contributed by atoms with Gasteiger partial charge < -0.3 is 10.2 Å². The second kappa shape index (κ2) is 7.46. The number of halogens is 1. The third-order valence-corrected chi connectivity index (χ3v) is 6.94. The summed E-state index contributed by atoms with van der Waals surface area (Å²) in [6.07, 6.45) is 4.00. The van der Waals surface area contributed by atoms with Crippen molar-refractivity contribution in [2.24, 2.45) is 0 Å². The lowest BCUT2D eigenvalue weighted by Crippen LogP contribution is -2.21. The molecule has 0 atom stereocenters. The molecule has 2 amide bonds. The van der Waals surface area contributed by atoms with Gasteiger partial charge >= 0.3 is 0 Å². The van der Waals surface area contributed by atoms with E-state index in [-0.39, 0.29) is 11.8 Å². The average Bonchev–Trinajstić information content (AvgIpc) is 3.36. The number of hydrogen-bond donors (Lipinski definition) is 1. The molecule has 0 unspecified atom stereocenters. The maximum atomic E-state index is 12.3. The third-order valence-electron chi connectivity index (χ3n) is 5.61. The van der Waals surface area contributed by atoms with E-state index in [0.29, 0.717) is 21.6 Å². The Balaban J connectivity index is 1.65. The van der Waals surface area contributed by atoms with Crippen LogP contribution in [-0.4, -0.2) is 45.6 Å². The Hall–Kier alpha value is -2.71. The SMILES string of the molecule is CC(=O)Nc1nc2c(s1)-c1c(c(C3CC3)nn1-c1ccc(C(=O)N(C)C)cc1Cl)CC2. The largest absolute Gasteiger partial charge is 0.345 e. The molecule has 2 aliphatic carbocycles. The first-order valence-corrected chi connectivity index (χ1v) is 11.4. The maximum absolute atomic E-state index is 12.3. The summed E-state index contributed by atoms with van der Waals surface area (Å²) in [4.78, 5) is 31.1. The van der Waals surface area contributed by atoms with E-state index in [0.717, 1.165) is 53.3 Å². The van der Waals surface area contributed by atoms with Gasteiger partial charge in [-0.05, 0) is 43.9 Å². The van der Waals surface area contributed by atoms with Crippen LogP contribution in [0.25, 0.3) is 16.3 Å². The van der Waals surface area contributed by atoms with Crippen molar-refractivity contribution in [1.82, 2.24) is 19.7 Å². The molecule has 31 heavy (non-hydrogen) atoms. The molecule has 7 nitrogen and oxygen atoms in total. The fourth-order valence-electron chi connectivity index (χ4n) is 4.03. The van der Waals surface area contributed by atoms with E-state index in [1.54, 1.807) is 26.2 Å². The summed E-state index contributed by atoms with van der Waals surface area (Å²) in [7, 11) is 3.43. The number of anilines is 1. The van der Waals surface area contributed by atoms with E-state index in [2.05, 4.69) is 10.3 Å². The molecule has 0 aliphatic heterocycles. The topological polar surface area (TPSA) is 80.1 Å². The third kappa shape index (κ3) is 3.53. The Morgan fingerprint density at radius 3 is 2.68 bits per heavy atom. The molecule has 1 fully saturated rings. The fourth-order valence-corrected chi connectivity index (χ4v) is 5.41. The van der Waals surface area contributed by atoms with Crippen molar-refractivity contribution >= 4 is 39.9 Å². The quantitative estimate of drug-likeness (QED) is 0.636. The van der Waals surface area contributed by atoms with Crippen LogP contribution in [0, 0.1) is 0 Å². The van der Waals surface area contributed by atoms with Crippen molar-refractivity contribution in [3.63, 3.8) is 0 Å². The number of hydrogen-bond acceptors (Lipinski definition) is 5. The molecule has 2 heterocycles. The number of aromatic nitrogens is 3. The van der Waals surface area contributed by atoms with Crippen molar-refractivity contribution in [3.05, 3.63) is 45.7 Å². The number of thiazole rings is 1. The number of aryl methyl sites for hydroxylation is 1. The van der Waals surface area contributed by atoms with Crippen LogP contribution in [0.3, 0.4) is 0 Å². The zero-order valence-electron chi connectivity index (χ0n) is 17.5. The number of nitrogens with zero attached hydrogens (tertiary/aromatic N) is 4. The minimum atomic E-state index is -0.136. The number of carbonyl (C=O) groups is 2. The minimum Gasteiger partial charge on any atom is -0.345 e. The lowest BCUT2D eigenvalue weighted by Gasteiger charge is -2.16. The molecule has 1 aromatic carbocycles. The Morgan fingerprint density at radius 2 is 2.03 bits per heavy atom. The average molecular weight is 456 g/mol. The van der Waals surface area contributed by atoms with Crippen LogP contribution in [0.15, 0.2) is 18.2 Å². The highest BCUT2D eigenvalue weighted by Gasteiger charge is 2.36.